The highest BCUT2D eigenvalue weighted by Gasteiger charge is 2.22. The Hall–Kier alpha value is -0.0900. The highest BCUT2D eigenvalue weighted by molar-refractivity contribution is 8.14. The molecule has 0 aliphatic carbocycles. The molecule has 0 aromatic rings. The van der Waals surface area contributed by atoms with Crippen molar-refractivity contribution in [3.8, 4) is 0 Å². The predicted octanol–water partition coefficient (Wildman–Crippen LogP) is 0.967. The van der Waals surface area contributed by atoms with Gasteiger partial charge < -0.3 is 5.32 Å². The lowest BCUT2D eigenvalue weighted by Crippen LogP contribution is -2.19. The molecule has 50 valence electrons. The minimum Gasteiger partial charge on any atom is -0.331 e. The Bertz CT molecular complexity index is 166. The number of amides is 1. The number of thioether (sulfide) groups is 1. The van der Waals surface area contributed by atoms with Crippen molar-refractivity contribution >= 4 is 30.3 Å². The van der Waals surface area contributed by atoms with Crippen molar-refractivity contribution in [3.05, 3.63) is 11.0 Å². The maximum Gasteiger partial charge on any atom is 0.258 e. The van der Waals surface area contributed by atoms with Gasteiger partial charge in [0, 0.05) is 0 Å². The first-order valence-corrected chi connectivity index (χ1v) is 3.95. The Morgan fingerprint density at radius 3 is 2.78 bits per heavy atom. The molecule has 9 heavy (non-hydrogen) atoms. The molecule has 1 heterocycles. The zero-order valence-corrected chi connectivity index (χ0v) is 6.63. The van der Waals surface area contributed by atoms with Gasteiger partial charge in [0.15, 0.2) is 0 Å². The molecule has 1 unspecified atom stereocenters. The van der Waals surface area contributed by atoms with Crippen molar-refractivity contribution in [1.29, 1.82) is 0 Å². The number of nitrogens with one attached hydrogen (secondary N) is 1. The molecule has 1 aliphatic heterocycles. The molecule has 0 bridgehead atoms. The fraction of sp³-hybridized carbons (Fsp3) is 0.400. The Morgan fingerprint density at radius 1 is 1.89 bits per heavy atom. The highest BCUT2D eigenvalue weighted by atomic mass is 32.2. The minimum absolute atomic E-state index is 0.0116. The highest BCUT2D eigenvalue weighted by Crippen LogP contribution is 2.28. The van der Waals surface area contributed by atoms with Crippen LogP contribution >= 0.6 is 24.4 Å². The summed E-state index contributed by atoms with van der Waals surface area (Å²) >= 11 is 5.49. The van der Waals surface area contributed by atoms with Gasteiger partial charge in [-0.2, -0.15) is 0 Å². The van der Waals surface area contributed by atoms with Gasteiger partial charge in [0.2, 0.25) is 0 Å². The average Bonchev–Trinajstić information content (AvgIpc) is 2.10. The lowest BCUT2D eigenvalue weighted by atomic mass is 10.5. The summed E-state index contributed by atoms with van der Waals surface area (Å²) in [6, 6.07) is 0. The Balaban J connectivity index is 2.70. The molecule has 4 heteroatoms. The number of allylic oxidation sites excluding steroid dienone is 1. The Morgan fingerprint density at radius 2 is 2.56 bits per heavy atom. The third-order valence-corrected chi connectivity index (χ3v) is 2.44. The third kappa shape index (κ3) is 1.43. The van der Waals surface area contributed by atoms with Crippen molar-refractivity contribution in [2.45, 2.75) is 11.6 Å². The van der Waals surface area contributed by atoms with E-state index < -0.39 is 0 Å². The summed E-state index contributed by atoms with van der Waals surface area (Å²) in [5.74, 6) is -0.0116. The molecule has 1 atom stereocenters. The Kier molecular flexibility index (Phi) is 2.08. The zero-order valence-electron chi connectivity index (χ0n) is 4.92. The summed E-state index contributed by atoms with van der Waals surface area (Å²) in [6.07, 6.45) is 1.79. The maximum atomic E-state index is 10.8. The van der Waals surface area contributed by atoms with E-state index in [1.165, 1.54) is 11.8 Å². The molecule has 0 aromatic heterocycles. The monoisotopic (exact) mass is 161 g/mol. The summed E-state index contributed by atoms with van der Waals surface area (Å²) < 4.78 is -0.0521. The lowest BCUT2D eigenvalue weighted by Gasteiger charge is -1.93. The van der Waals surface area contributed by atoms with Gasteiger partial charge in [-0.15, -0.1) is 12.6 Å². The van der Waals surface area contributed by atoms with Crippen LogP contribution in [0.5, 0.6) is 0 Å². The molecule has 0 spiro atoms. The first-order valence-electron chi connectivity index (χ1n) is 2.56. The van der Waals surface area contributed by atoms with E-state index >= 15 is 0 Å². The average molecular weight is 161 g/mol. The van der Waals surface area contributed by atoms with Gasteiger partial charge in [-0.3, -0.25) is 4.79 Å². The number of hydrogen-bond donors (Lipinski definition) is 2. The van der Waals surface area contributed by atoms with E-state index in [1.807, 2.05) is 6.92 Å². The number of thiol groups is 1. The first kappa shape index (κ1) is 7.02. The summed E-state index contributed by atoms with van der Waals surface area (Å²) in [5.41, 5.74) is 0. The number of rotatable bonds is 0. The van der Waals surface area contributed by atoms with Gasteiger partial charge in [0.05, 0.1) is 4.91 Å². The van der Waals surface area contributed by atoms with Crippen LogP contribution in [0, 0.1) is 0 Å². The molecule has 1 N–H and O–H groups in total. The van der Waals surface area contributed by atoms with E-state index in [9.17, 15) is 4.79 Å². The molecule has 1 aliphatic rings. The van der Waals surface area contributed by atoms with Crippen LogP contribution in [0.15, 0.2) is 11.0 Å². The van der Waals surface area contributed by atoms with Crippen LogP contribution in [0.1, 0.15) is 6.92 Å². The molecule has 1 saturated heterocycles. The second-order valence-electron chi connectivity index (χ2n) is 1.60. The molecule has 0 radical (unpaired) electrons. The van der Waals surface area contributed by atoms with Crippen LogP contribution in [0.3, 0.4) is 0 Å². The van der Waals surface area contributed by atoms with E-state index in [1.54, 1.807) is 6.08 Å². The SMILES string of the molecule is C/C=C1/SC(S)NC1=O. The number of carbonyl (C=O) groups excluding carboxylic acids is 1. The van der Waals surface area contributed by atoms with E-state index in [-0.39, 0.29) is 10.6 Å². The van der Waals surface area contributed by atoms with Gasteiger partial charge in [-0.05, 0) is 6.92 Å². The smallest absolute Gasteiger partial charge is 0.258 e. The molecule has 1 rings (SSSR count). The summed E-state index contributed by atoms with van der Waals surface area (Å²) in [6.45, 7) is 1.84. The van der Waals surface area contributed by atoms with Crippen LogP contribution in [0.25, 0.3) is 0 Å². The van der Waals surface area contributed by atoms with Crippen LogP contribution in [-0.2, 0) is 4.79 Å². The molecule has 0 saturated carbocycles. The Labute approximate surface area is 63.5 Å². The van der Waals surface area contributed by atoms with E-state index in [4.69, 9.17) is 0 Å². The molecule has 2 nitrogen and oxygen atoms in total. The lowest BCUT2D eigenvalue weighted by molar-refractivity contribution is -0.116. The summed E-state index contributed by atoms with van der Waals surface area (Å²) in [7, 11) is 0. The van der Waals surface area contributed by atoms with Crippen molar-refractivity contribution < 1.29 is 4.79 Å². The van der Waals surface area contributed by atoms with Gasteiger partial charge in [0.1, 0.15) is 4.71 Å². The van der Waals surface area contributed by atoms with Gasteiger partial charge in [-0.1, -0.05) is 17.8 Å². The summed E-state index contributed by atoms with van der Waals surface area (Å²) in [5, 5.41) is 2.64. The second-order valence-corrected chi connectivity index (χ2v) is 3.61. The van der Waals surface area contributed by atoms with E-state index in [2.05, 4.69) is 17.9 Å². The molecule has 0 aromatic carbocycles. The summed E-state index contributed by atoms with van der Waals surface area (Å²) in [4.78, 5) is 11.5. The first-order chi connectivity index (χ1) is 4.24. The van der Waals surface area contributed by atoms with Gasteiger partial charge >= 0.3 is 0 Å². The topological polar surface area (TPSA) is 29.1 Å². The minimum atomic E-state index is -0.0521. The van der Waals surface area contributed by atoms with Crippen molar-refractivity contribution in [1.82, 2.24) is 5.32 Å². The third-order valence-electron chi connectivity index (χ3n) is 0.979. The van der Waals surface area contributed by atoms with E-state index in [0.29, 0.717) is 0 Å². The van der Waals surface area contributed by atoms with E-state index in [0.717, 1.165) is 4.91 Å². The van der Waals surface area contributed by atoms with Crippen LogP contribution in [0.2, 0.25) is 0 Å². The predicted molar refractivity (Wildman–Crippen MR) is 42.3 cm³/mol. The number of carbonyl (C=O) groups is 1. The standard InChI is InChI=1S/C5H7NOS2/c1-2-3-4(7)6-5(8)9-3/h2,5,8H,1H3,(H,6,7)/b3-2+. The second kappa shape index (κ2) is 2.66. The van der Waals surface area contributed by atoms with Gasteiger partial charge in [0.25, 0.3) is 5.91 Å². The van der Waals surface area contributed by atoms with Crippen molar-refractivity contribution in [2.75, 3.05) is 0 Å². The number of hydrogen-bond acceptors (Lipinski definition) is 3. The van der Waals surface area contributed by atoms with Gasteiger partial charge in [-0.25, -0.2) is 0 Å². The fourth-order valence-corrected chi connectivity index (χ4v) is 1.75. The molecular formula is C5H7NOS2. The van der Waals surface area contributed by atoms with Crippen LogP contribution in [0.4, 0.5) is 0 Å². The van der Waals surface area contributed by atoms with Crippen molar-refractivity contribution in [3.63, 3.8) is 0 Å². The quantitative estimate of drug-likeness (QED) is 0.409. The zero-order chi connectivity index (χ0) is 6.85. The van der Waals surface area contributed by atoms with Crippen LogP contribution < -0.4 is 5.32 Å². The molecule has 1 fully saturated rings. The largest absolute Gasteiger partial charge is 0.331 e. The molecule has 1 amide bonds. The fourth-order valence-electron chi connectivity index (χ4n) is 0.586. The maximum absolute atomic E-state index is 10.8. The van der Waals surface area contributed by atoms with Crippen molar-refractivity contribution in [2.24, 2.45) is 0 Å². The normalized spacial score (nSPS) is 31.1. The molecular weight excluding hydrogens is 154 g/mol. The van der Waals surface area contributed by atoms with Crippen LogP contribution in [-0.4, -0.2) is 10.6 Å².